The topological polar surface area (TPSA) is 107 Å². The van der Waals surface area contributed by atoms with Gasteiger partial charge < -0.3 is 10.0 Å². The number of likely N-dealkylation sites (N-methyl/N-ethyl adjacent to an activating group) is 1. The Hall–Kier alpha value is -1.19. The van der Waals surface area contributed by atoms with E-state index in [-0.39, 0.29) is 31.8 Å². The summed E-state index contributed by atoms with van der Waals surface area (Å²) in [6.45, 7) is 4.09. The van der Waals surface area contributed by atoms with Crippen molar-refractivity contribution in [3.63, 3.8) is 0 Å². The first-order valence-corrected chi connectivity index (χ1v) is 8.38. The molecule has 0 aliphatic carbocycles. The predicted octanol–water partition coefficient (Wildman–Crippen LogP) is -0.516. The smallest absolute Gasteiger partial charge is 0.306 e. The molecule has 0 spiro atoms. The summed E-state index contributed by atoms with van der Waals surface area (Å²) in [5, 5.41) is 8.90. The van der Waals surface area contributed by atoms with Crippen LogP contribution in [0.15, 0.2) is 0 Å². The summed E-state index contributed by atoms with van der Waals surface area (Å²) in [4.78, 5) is 24.2. The van der Waals surface area contributed by atoms with E-state index in [0.29, 0.717) is 6.54 Å². The lowest BCUT2D eigenvalue weighted by Crippen LogP contribution is -2.52. The zero-order chi connectivity index (χ0) is 16.2. The summed E-state index contributed by atoms with van der Waals surface area (Å²) in [6.07, 6.45) is 0.570. The van der Waals surface area contributed by atoms with Crippen molar-refractivity contribution in [1.29, 1.82) is 0 Å². The average molecular weight is 321 g/mol. The number of carbonyl (C=O) groups excluding carboxylic acids is 1. The van der Waals surface area contributed by atoms with E-state index in [2.05, 4.69) is 4.72 Å². The standard InChI is InChI=1S/C12H23N3O5S/c1-4-14(3)11(16)9(2)13-21(19,20)15-7-5-10(6-8-15)12(17)18/h9-10,13H,4-8H2,1-3H3,(H,17,18). The number of nitrogens with zero attached hydrogens (tertiary/aromatic N) is 2. The molecule has 0 aromatic heterocycles. The normalized spacial score (nSPS) is 19.2. The van der Waals surface area contributed by atoms with Crippen molar-refractivity contribution >= 4 is 22.1 Å². The summed E-state index contributed by atoms with van der Waals surface area (Å²) < 4.78 is 27.9. The third kappa shape index (κ3) is 4.65. The monoisotopic (exact) mass is 321 g/mol. The minimum atomic E-state index is -3.78. The summed E-state index contributed by atoms with van der Waals surface area (Å²) in [5.41, 5.74) is 0. The molecule has 1 aliphatic rings. The van der Waals surface area contributed by atoms with Crippen molar-refractivity contribution < 1.29 is 23.1 Å². The number of piperidine rings is 1. The van der Waals surface area contributed by atoms with Crippen LogP contribution in [0.5, 0.6) is 0 Å². The molecular weight excluding hydrogens is 298 g/mol. The highest BCUT2D eigenvalue weighted by Gasteiger charge is 2.33. The van der Waals surface area contributed by atoms with E-state index in [1.54, 1.807) is 14.0 Å². The van der Waals surface area contributed by atoms with E-state index in [1.165, 1.54) is 16.1 Å². The van der Waals surface area contributed by atoms with Crippen molar-refractivity contribution in [2.45, 2.75) is 32.7 Å². The molecule has 9 heteroatoms. The number of amides is 1. The van der Waals surface area contributed by atoms with Crippen LogP contribution in [0.2, 0.25) is 0 Å². The first-order chi connectivity index (χ1) is 9.69. The van der Waals surface area contributed by atoms with Crippen LogP contribution < -0.4 is 4.72 Å². The summed E-state index contributed by atoms with van der Waals surface area (Å²) in [5.74, 6) is -1.70. The third-order valence-electron chi connectivity index (χ3n) is 3.69. The molecule has 0 aromatic rings. The molecule has 0 bridgehead atoms. The lowest BCUT2D eigenvalue weighted by molar-refractivity contribution is -0.143. The summed E-state index contributed by atoms with van der Waals surface area (Å²) >= 11 is 0. The molecule has 1 heterocycles. The second kappa shape index (κ2) is 7.19. The number of hydrogen-bond acceptors (Lipinski definition) is 4. The van der Waals surface area contributed by atoms with E-state index < -0.39 is 28.1 Å². The lowest BCUT2D eigenvalue weighted by Gasteiger charge is -2.30. The Morgan fingerprint density at radius 1 is 1.38 bits per heavy atom. The van der Waals surface area contributed by atoms with Gasteiger partial charge in [-0.05, 0) is 26.7 Å². The number of rotatable bonds is 6. The molecular formula is C12H23N3O5S. The van der Waals surface area contributed by atoms with Gasteiger partial charge in [-0.15, -0.1) is 0 Å². The third-order valence-corrected chi connectivity index (χ3v) is 5.39. The minimum Gasteiger partial charge on any atom is -0.481 e. The number of carbonyl (C=O) groups is 2. The van der Waals surface area contributed by atoms with Crippen molar-refractivity contribution in [1.82, 2.24) is 13.9 Å². The van der Waals surface area contributed by atoms with E-state index in [0.717, 1.165) is 0 Å². The molecule has 0 saturated carbocycles. The van der Waals surface area contributed by atoms with Crippen molar-refractivity contribution in [3.05, 3.63) is 0 Å². The van der Waals surface area contributed by atoms with Crippen molar-refractivity contribution in [2.75, 3.05) is 26.7 Å². The van der Waals surface area contributed by atoms with Gasteiger partial charge in [0.25, 0.3) is 10.2 Å². The second-order valence-electron chi connectivity index (χ2n) is 5.21. The first-order valence-electron chi connectivity index (χ1n) is 6.94. The SMILES string of the molecule is CCN(C)C(=O)C(C)NS(=O)(=O)N1CCC(C(=O)O)CC1. The molecule has 2 N–H and O–H groups in total. The van der Waals surface area contributed by atoms with Crippen LogP contribution in [0.4, 0.5) is 0 Å². The van der Waals surface area contributed by atoms with Crippen LogP contribution in [-0.4, -0.2) is 67.3 Å². The largest absolute Gasteiger partial charge is 0.481 e. The average Bonchev–Trinajstić information content (AvgIpc) is 2.45. The summed E-state index contributed by atoms with van der Waals surface area (Å²) in [7, 11) is -2.17. The second-order valence-corrected chi connectivity index (χ2v) is 6.91. The van der Waals surface area contributed by atoms with Crippen molar-refractivity contribution in [3.8, 4) is 0 Å². The Morgan fingerprint density at radius 3 is 2.33 bits per heavy atom. The molecule has 1 fully saturated rings. The molecule has 1 unspecified atom stereocenters. The molecule has 0 radical (unpaired) electrons. The number of aliphatic carboxylic acids is 1. The van der Waals surface area contributed by atoms with Gasteiger partial charge in [-0.3, -0.25) is 9.59 Å². The fraction of sp³-hybridized carbons (Fsp3) is 0.833. The maximum Gasteiger partial charge on any atom is 0.306 e. The predicted molar refractivity (Wildman–Crippen MR) is 76.8 cm³/mol. The van der Waals surface area contributed by atoms with Gasteiger partial charge in [-0.25, -0.2) is 0 Å². The van der Waals surface area contributed by atoms with Gasteiger partial charge in [0.15, 0.2) is 0 Å². The fourth-order valence-corrected chi connectivity index (χ4v) is 3.57. The maximum absolute atomic E-state index is 12.2. The van der Waals surface area contributed by atoms with Gasteiger partial charge in [0.05, 0.1) is 12.0 Å². The van der Waals surface area contributed by atoms with E-state index in [1.807, 2.05) is 0 Å². The fourth-order valence-electron chi connectivity index (χ4n) is 2.18. The number of nitrogens with one attached hydrogen (secondary N) is 1. The highest BCUT2D eigenvalue weighted by Crippen LogP contribution is 2.19. The molecule has 1 amide bonds. The van der Waals surface area contributed by atoms with Gasteiger partial charge in [0.1, 0.15) is 0 Å². The van der Waals surface area contributed by atoms with Crippen LogP contribution >= 0.6 is 0 Å². The van der Waals surface area contributed by atoms with Gasteiger partial charge in [-0.1, -0.05) is 0 Å². The van der Waals surface area contributed by atoms with E-state index in [4.69, 9.17) is 5.11 Å². The number of carboxylic acid groups (broad SMARTS) is 1. The molecule has 1 aliphatic heterocycles. The molecule has 8 nitrogen and oxygen atoms in total. The molecule has 1 saturated heterocycles. The van der Waals surface area contributed by atoms with Crippen LogP contribution in [0.3, 0.4) is 0 Å². The molecule has 21 heavy (non-hydrogen) atoms. The molecule has 1 atom stereocenters. The van der Waals surface area contributed by atoms with Crippen LogP contribution in [-0.2, 0) is 19.8 Å². The Labute approximate surface area is 125 Å². The zero-order valence-electron chi connectivity index (χ0n) is 12.6. The number of hydrogen-bond donors (Lipinski definition) is 2. The Kier molecular flexibility index (Phi) is 6.11. The highest BCUT2D eigenvalue weighted by atomic mass is 32.2. The van der Waals surface area contributed by atoms with E-state index >= 15 is 0 Å². The molecule has 122 valence electrons. The zero-order valence-corrected chi connectivity index (χ0v) is 13.4. The quantitative estimate of drug-likeness (QED) is 0.685. The molecule has 1 rings (SSSR count). The Bertz CT molecular complexity index is 485. The van der Waals surface area contributed by atoms with Gasteiger partial charge in [-0.2, -0.15) is 17.4 Å². The highest BCUT2D eigenvalue weighted by molar-refractivity contribution is 7.87. The first kappa shape index (κ1) is 17.9. The molecule has 0 aromatic carbocycles. The Morgan fingerprint density at radius 2 is 1.90 bits per heavy atom. The Balaban J connectivity index is 2.62. The van der Waals surface area contributed by atoms with Gasteiger partial charge in [0, 0.05) is 26.7 Å². The maximum atomic E-state index is 12.2. The summed E-state index contributed by atoms with van der Waals surface area (Å²) in [6, 6.07) is -0.850. The van der Waals surface area contributed by atoms with Crippen LogP contribution in [0.1, 0.15) is 26.7 Å². The van der Waals surface area contributed by atoms with Crippen LogP contribution in [0.25, 0.3) is 0 Å². The van der Waals surface area contributed by atoms with Gasteiger partial charge in [0.2, 0.25) is 5.91 Å². The van der Waals surface area contributed by atoms with Gasteiger partial charge >= 0.3 is 5.97 Å². The number of carboxylic acids is 1. The lowest BCUT2D eigenvalue weighted by atomic mass is 9.99. The van der Waals surface area contributed by atoms with Crippen LogP contribution in [0, 0.1) is 5.92 Å². The van der Waals surface area contributed by atoms with E-state index in [9.17, 15) is 18.0 Å². The minimum absolute atomic E-state index is 0.150. The van der Waals surface area contributed by atoms with Crippen molar-refractivity contribution in [2.24, 2.45) is 5.92 Å².